The van der Waals surface area contributed by atoms with Gasteiger partial charge in [-0.3, -0.25) is 9.69 Å². The first-order chi connectivity index (χ1) is 19.1. The van der Waals surface area contributed by atoms with Crippen LogP contribution < -0.4 is 20.5 Å². The lowest BCUT2D eigenvalue weighted by Crippen LogP contribution is -2.46. The number of unbranched alkanes of at least 4 members (excludes halogenated alkanes) is 3. The molecule has 4 aromatic rings. The number of hydrogen-bond donors (Lipinski definition) is 1. The van der Waals surface area contributed by atoms with Crippen LogP contribution in [0.2, 0.25) is 0 Å². The average molecular weight is 547 g/mol. The van der Waals surface area contributed by atoms with Gasteiger partial charge in [-0.25, -0.2) is 9.36 Å². The van der Waals surface area contributed by atoms with Crippen molar-refractivity contribution in [2.24, 2.45) is 0 Å². The van der Waals surface area contributed by atoms with Crippen molar-refractivity contribution in [1.82, 2.24) is 14.8 Å². The molecule has 2 aromatic heterocycles. The van der Waals surface area contributed by atoms with Crippen LogP contribution in [-0.2, 0) is 0 Å². The normalized spacial score (nSPS) is 14.2. The van der Waals surface area contributed by atoms with E-state index in [9.17, 15) is 9.59 Å². The number of ether oxygens (including phenoxy) is 1. The fraction of sp³-hybridized carbons (Fsp3) is 0.419. The Hall–Kier alpha value is -3.36. The summed E-state index contributed by atoms with van der Waals surface area (Å²) in [5.74, 6) is 0.678. The minimum atomic E-state index is -0.383. The summed E-state index contributed by atoms with van der Waals surface area (Å²) in [4.78, 5) is 30.3. The van der Waals surface area contributed by atoms with Crippen LogP contribution in [0, 0.1) is 0 Å². The minimum absolute atomic E-state index is 0.334. The second-order valence-electron chi connectivity index (χ2n) is 10.2. The van der Waals surface area contributed by atoms with Gasteiger partial charge in [-0.15, -0.1) is 11.3 Å². The van der Waals surface area contributed by atoms with Gasteiger partial charge in [0.25, 0.3) is 5.56 Å². The van der Waals surface area contributed by atoms with Gasteiger partial charge < -0.3 is 15.0 Å². The van der Waals surface area contributed by atoms with Gasteiger partial charge >= 0.3 is 6.03 Å². The number of hydrogen-bond acceptors (Lipinski definition) is 6. The molecule has 0 aliphatic carbocycles. The topological polar surface area (TPSA) is 66.8 Å². The van der Waals surface area contributed by atoms with Gasteiger partial charge in [0.05, 0.1) is 12.1 Å². The highest BCUT2D eigenvalue weighted by Crippen LogP contribution is 2.31. The molecule has 3 heterocycles. The average Bonchev–Trinajstić information content (AvgIpc) is 3.45. The Morgan fingerprint density at radius 3 is 2.67 bits per heavy atom. The summed E-state index contributed by atoms with van der Waals surface area (Å²) < 4.78 is 8.60. The van der Waals surface area contributed by atoms with Crippen molar-refractivity contribution in [2.45, 2.75) is 39.0 Å². The number of carbonyl (C=O) groups is 1. The number of anilines is 1. The highest BCUT2D eigenvalue weighted by molar-refractivity contribution is 7.17. The van der Waals surface area contributed by atoms with Crippen molar-refractivity contribution in [1.29, 1.82) is 0 Å². The molecule has 0 saturated carbocycles. The molecule has 39 heavy (non-hydrogen) atoms. The van der Waals surface area contributed by atoms with Gasteiger partial charge in [-0.05, 0) is 73.0 Å². The van der Waals surface area contributed by atoms with Gasteiger partial charge in [0.1, 0.15) is 5.75 Å². The molecule has 0 spiro atoms. The number of nitrogens with one attached hydrogen (secondary N) is 1. The molecule has 0 unspecified atom stereocenters. The maximum atomic E-state index is 12.8. The van der Waals surface area contributed by atoms with E-state index in [1.165, 1.54) is 26.4 Å². The number of pyridine rings is 1. The van der Waals surface area contributed by atoms with E-state index in [0.717, 1.165) is 70.2 Å². The molecule has 1 fully saturated rings. The Bertz CT molecular complexity index is 1460. The van der Waals surface area contributed by atoms with Crippen molar-refractivity contribution >= 4 is 44.0 Å². The Morgan fingerprint density at radius 1 is 0.974 bits per heavy atom. The fourth-order valence-corrected chi connectivity index (χ4v) is 6.06. The van der Waals surface area contributed by atoms with Crippen LogP contribution in [0.1, 0.15) is 39.0 Å². The number of piperazine rings is 1. The molecule has 7 nitrogen and oxygen atoms in total. The molecule has 206 valence electrons. The number of aromatic nitrogens is 1. The van der Waals surface area contributed by atoms with E-state index in [1.54, 1.807) is 23.5 Å². The zero-order valence-electron chi connectivity index (χ0n) is 22.7. The molecule has 1 amide bonds. The van der Waals surface area contributed by atoms with E-state index in [4.69, 9.17) is 4.74 Å². The highest BCUT2D eigenvalue weighted by atomic mass is 32.1. The van der Waals surface area contributed by atoms with Crippen molar-refractivity contribution < 1.29 is 9.53 Å². The number of fused-ring (bicyclic) bond motifs is 2. The first-order valence-corrected chi connectivity index (χ1v) is 15.0. The quantitative estimate of drug-likeness (QED) is 0.236. The monoisotopic (exact) mass is 546 g/mol. The molecule has 0 bridgehead atoms. The Labute approximate surface area is 234 Å². The van der Waals surface area contributed by atoms with E-state index in [1.807, 2.05) is 12.1 Å². The van der Waals surface area contributed by atoms with E-state index < -0.39 is 0 Å². The zero-order valence-corrected chi connectivity index (χ0v) is 23.5. The Morgan fingerprint density at radius 2 is 1.82 bits per heavy atom. The molecular weight excluding hydrogens is 508 g/mol. The molecule has 5 rings (SSSR count). The van der Waals surface area contributed by atoms with E-state index >= 15 is 0 Å². The molecule has 0 radical (unpaired) electrons. The van der Waals surface area contributed by atoms with E-state index in [2.05, 4.69) is 51.7 Å². The lowest BCUT2D eigenvalue weighted by atomic mass is 10.2. The first-order valence-electron chi connectivity index (χ1n) is 14.1. The zero-order chi connectivity index (χ0) is 27.0. The summed E-state index contributed by atoms with van der Waals surface area (Å²) in [6.45, 7) is 8.60. The van der Waals surface area contributed by atoms with Crippen LogP contribution in [-0.4, -0.2) is 61.4 Å². The summed E-state index contributed by atoms with van der Waals surface area (Å²) in [5.41, 5.74) is 1.60. The lowest BCUT2D eigenvalue weighted by molar-refractivity contribution is 0.238. The maximum absolute atomic E-state index is 12.8. The number of rotatable bonds is 11. The van der Waals surface area contributed by atoms with E-state index in [-0.39, 0.29) is 11.6 Å². The van der Waals surface area contributed by atoms with Gasteiger partial charge in [0, 0.05) is 60.6 Å². The standard InChI is InChI=1S/C31H38N4O3S/c1-2-3-4-15-32-31(37)35-28-23-25(12-10-24(28)11-13-30(35)36)38-21-6-5-16-33-17-19-34(20-18-33)27-8-7-9-29-26(27)14-22-39-29/h7-14,22-23H,2-6,15-21H2,1H3,(H,32,37). The Balaban J connectivity index is 1.09. The minimum Gasteiger partial charge on any atom is -0.494 e. The van der Waals surface area contributed by atoms with E-state index in [0.29, 0.717) is 24.4 Å². The number of thiophene rings is 1. The van der Waals surface area contributed by atoms with Gasteiger partial charge in [-0.1, -0.05) is 25.8 Å². The van der Waals surface area contributed by atoms with Gasteiger partial charge in [0.15, 0.2) is 0 Å². The number of carbonyl (C=O) groups excluding carboxylic acids is 1. The Kier molecular flexibility index (Phi) is 9.16. The van der Waals surface area contributed by atoms with Crippen LogP contribution in [0.15, 0.2) is 64.8 Å². The SMILES string of the molecule is CCCCCNC(=O)n1c(=O)ccc2ccc(OCCCCN3CCN(c4cccc5sccc45)CC3)cc21. The molecule has 1 N–H and O–H groups in total. The molecular formula is C31H38N4O3S. The number of amides is 1. The second kappa shape index (κ2) is 13.1. The third kappa shape index (κ3) is 6.62. The van der Waals surface area contributed by atoms with Gasteiger partial charge in [0.2, 0.25) is 0 Å². The van der Waals surface area contributed by atoms with Gasteiger partial charge in [-0.2, -0.15) is 0 Å². The van der Waals surface area contributed by atoms with Crippen LogP contribution in [0.25, 0.3) is 21.0 Å². The van der Waals surface area contributed by atoms with Crippen LogP contribution >= 0.6 is 11.3 Å². The summed E-state index contributed by atoms with van der Waals surface area (Å²) in [7, 11) is 0. The predicted molar refractivity (Wildman–Crippen MR) is 162 cm³/mol. The molecule has 0 atom stereocenters. The molecule has 1 aliphatic rings. The van der Waals surface area contributed by atoms with Crippen molar-refractivity contribution in [3.63, 3.8) is 0 Å². The number of benzene rings is 2. The smallest absolute Gasteiger partial charge is 0.329 e. The summed E-state index contributed by atoms with van der Waals surface area (Å²) in [6.07, 6.45) is 5.04. The second-order valence-corrected chi connectivity index (χ2v) is 11.1. The van der Waals surface area contributed by atoms with Crippen LogP contribution in [0.3, 0.4) is 0 Å². The highest BCUT2D eigenvalue weighted by Gasteiger charge is 2.18. The maximum Gasteiger partial charge on any atom is 0.329 e. The van der Waals surface area contributed by atoms with Crippen LogP contribution in [0.4, 0.5) is 10.5 Å². The third-order valence-electron chi connectivity index (χ3n) is 7.45. The molecule has 1 aliphatic heterocycles. The summed E-state index contributed by atoms with van der Waals surface area (Å²) in [6, 6.07) is 17.3. The summed E-state index contributed by atoms with van der Waals surface area (Å²) >= 11 is 1.81. The van der Waals surface area contributed by atoms with Crippen molar-refractivity contribution in [3.05, 3.63) is 70.3 Å². The first kappa shape index (κ1) is 27.2. The number of nitrogens with zero attached hydrogens (tertiary/aromatic N) is 3. The van der Waals surface area contributed by atoms with Crippen molar-refractivity contribution in [2.75, 3.05) is 50.8 Å². The molecule has 2 aromatic carbocycles. The molecule has 1 saturated heterocycles. The van der Waals surface area contributed by atoms with Crippen LogP contribution in [0.5, 0.6) is 5.75 Å². The lowest BCUT2D eigenvalue weighted by Gasteiger charge is -2.36. The largest absolute Gasteiger partial charge is 0.494 e. The van der Waals surface area contributed by atoms with Crippen molar-refractivity contribution in [3.8, 4) is 5.75 Å². The summed E-state index contributed by atoms with van der Waals surface area (Å²) in [5, 5.41) is 7.25. The predicted octanol–water partition coefficient (Wildman–Crippen LogP) is 5.95. The third-order valence-corrected chi connectivity index (χ3v) is 8.33. The molecule has 8 heteroatoms. The fourth-order valence-electron chi connectivity index (χ4n) is 5.25.